The van der Waals surface area contributed by atoms with Gasteiger partial charge in [-0.3, -0.25) is 14.9 Å². The summed E-state index contributed by atoms with van der Waals surface area (Å²) < 4.78 is 0. The molecular weight excluding hydrogens is 354 g/mol. The van der Waals surface area contributed by atoms with E-state index in [-0.39, 0.29) is 17.9 Å². The van der Waals surface area contributed by atoms with Crippen LogP contribution in [-0.2, 0) is 17.6 Å². The van der Waals surface area contributed by atoms with Crippen molar-refractivity contribution in [2.75, 3.05) is 11.9 Å². The lowest BCUT2D eigenvalue weighted by Gasteiger charge is -2.15. The Balaban J connectivity index is 1.40. The fraction of sp³-hybridized carbons (Fsp3) is 0.500. The molecule has 150 valence electrons. The number of aromatic nitrogens is 2. The average Bonchev–Trinajstić information content (AvgIpc) is 2.70. The standard InChI is InChI=1S/C22H29N3O3/c26-20-12-10-18(15-24-20)17(14-21(27)28)6-3-1-2-4-8-19-11-9-16-7-5-13-23-22(16)25-19/h9-12,15,17H,1-8,13-14H2,(H,23,25)(H,24,26)(H,27,28)/p+1. The van der Waals surface area contributed by atoms with Crippen LogP contribution < -0.4 is 15.9 Å². The predicted molar refractivity (Wildman–Crippen MR) is 109 cm³/mol. The summed E-state index contributed by atoms with van der Waals surface area (Å²) in [6.07, 6.45) is 10.3. The van der Waals surface area contributed by atoms with Crippen molar-refractivity contribution in [1.82, 2.24) is 4.98 Å². The largest absolute Gasteiger partial charge is 0.481 e. The van der Waals surface area contributed by atoms with E-state index in [4.69, 9.17) is 0 Å². The number of carbonyl (C=O) groups is 1. The van der Waals surface area contributed by atoms with Crippen LogP contribution in [0.1, 0.15) is 67.7 Å². The summed E-state index contributed by atoms with van der Waals surface area (Å²) in [5.74, 6) is 0.336. The first-order valence-corrected chi connectivity index (χ1v) is 10.3. The Kier molecular flexibility index (Phi) is 7.23. The van der Waals surface area contributed by atoms with Crippen LogP contribution >= 0.6 is 0 Å². The molecule has 2 aromatic rings. The van der Waals surface area contributed by atoms with Gasteiger partial charge in [0.25, 0.3) is 5.82 Å². The van der Waals surface area contributed by atoms with Gasteiger partial charge in [-0.15, -0.1) is 0 Å². The molecule has 1 unspecified atom stereocenters. The Hall–Kier alpha value is -2.63. The number of hydrogen-bond acceptors (Lipinski definition) is 3. The van der Waals surface area contributed by atoms with Crippen molar-refractivity contribution >= 4 is 11.8 Å². The molecule has 4 N–H and O–H groups in total. The Morgan fingerprint density at radius 2 is 2.00 bits per heavy atom. The summed E-state index contributed by atoms with van der Waals surface area (Å²) in [4.78, 5) is 28.5. The van der Waals surface area contributed by atoms with E-state index in [9.17, 15) is 14.7 Å². The summed E-state index contributed by atoms with van der Waals surface area (Å²) in [5.41, 5.74) is 3.39. The molecule has 1 atom stereocenters. The van der Waals surface area contributed by atoms with Crippen LogP contribution in [0.25, 0.3) is 0 Å². The van der Waals surface area contributed by atoms with Gasteiger partial charge in [-0.25, -0.2) is 4.98 Å². The number of aliphatic carboxylic acids is 1. The highest BCUT2D eigenvalue weighted by molar-refractivity contribution is 5.68. The van der Waals surface area contributed by atoms with Gasteiger partial charge in [0.15, 0.2) is 0 Å². The van der Waals surface area contributed by atoms with Crippen LogP contribution in [0, 0.1) is 0 Å². The van der Waals surface area contributed by atoms with Gasteiger partial charge in [-0.05, 0) is 49.3 Å². The molecule has 2 aromatic heterocycles. The van der Waals surface area contributed by atoms with E-state index in [1.54, 1.807) is 12.3 Å². The van der Waals surface area contributed by atoms with E-state index in [2.05, 4.69) is 27.4 Å². The van der Waals surface area contributed by atoms with Crippen LogP contribution in [0.2, 0.25) is 0 Å². The second kappa shape index (κ2) is 10.1. The van der Waals surface area contributed by atoms with E-state index >= 15 is 0 Å². The quantitative estimate of drug-likeness (QED) is 0.548. The van der Waals surface area contributed by atoms with Crippen molar-refractivity contribution in [3.63, 3.8) is 0 Å². The molecule has 0 radical (unpaired) electrons. The van der Waals surface area contributed by atoms with Crippen LogP contribution in [0.5, 0.6) is 0 Å². The van der Waals surface area contributed by atoms with E-state index in [1.165, 1.54) is 29.6 Å². The van der Waals surface area contributed by atoms with Gasteiger partial charge >= 0.3 is 5.97 Å². The van der Waals surface area contributed by atoms with Crippen molar-refractivity contribution < 1.29 is 14.9 Å². The van der Waals surface area contributed by atoms with Gasteiger partial charge in [0.1, 0.15) is 5.69 Å². The van der Waals surface area contributed by atoms with Crippen molar-refractivity contribution in [3.05, 3.63) is 57.6 Å². The third-order valence-electron chi connectivity index (χ3n) is 5.47. The number of pyridine rings is 2. The zero-order valence-corrected chi connectivity index (χ0v) is 16.3. The summed E-state index contributed by atoms with van der Waals surface area (Å²) in [5, 5.41) is 12.6. The van der Waals surface area contributed by atoms with Crippen LogP contribution in [0.4, 0.5) is 5.82 Å². The van der Waals surface area contributed by atoms with Crippen LogP contribution in [0.3, 0.4) is 0 Å². The number of H-pyrrole nitrogens is 2. The van der Waals surface area contributed by atoms with Crippen molar-refractivity contribution in [3.8, 4) is 0 Å². The molecule has 0 saturated carbocycles. The maximum Gasteiger partial charge on any atom is 0.303 e. The second-order valence-electron chi connectivity index (χ2n) is 7.65. The van der Waals surface area contributed by atoms with Crippen molar-refractivity contribution in [2.45, 2.75) is 63.7 Å². The molecule has 0 spiro atoms. The number of aryl methyl sites for hydroxylation is 2. The molecule has 6 heteroatoms. The maximum absolute atomic E-state index is 11.2. The Bertz CT molecular complexity index is 827. The SMILES string of the molecule is O=C(O)CC(CCCCCCc1ccc2c([nH+]1)NCCC2)c1ccc(=O)[nH]c1. The fourth-order valence-electron chi connectivity index (χ4n) is 3.90. The third-order valence-corrected chi connectivity index (χ3v) is 5.47. The lowest BCUT2D eigenvalue weighted by Crippen LogP contribution is -2.24. The molecule has 0 fully saturated rings. The molecule has 28 heavy (non-hydrogen) atoms. The zero-order chi connectivity index (χ0) is 19.8. The molecule has 3 rings (SSSR count). The highest BCUT2D eigenvalue weighted by Crippen LogP contribution is 2.25. The smallest absolute Gasteiger partial charge is 0.303 e. The maximum atomic E-state index is 11.2. The first kappa shape index (κ1) is 20.1. The third kappa shape index (κ3) is 5.94. The van der Waals surface area contributed by atoms with Gasteiger partial charge in [-0.2, -0.15) is 0 Å². The second-order valence-corrected chi connectivity index (χ2v) is 7.65. The number of nitrogens with one attached hydrogen (secondary N) is 3. The van der Waals surface area contributed by atoms with Gasteiger partial charge in [0, 0.05) is 24.2 Å². The van der Waals surface area contributed by atoms with E-state index in [0.717, 1.165) is 57.1 Å². The summed E-state index contributed by atoms with van der Waals surface area (Å²) in [6, 6.07) is 7.64. The molecule has 0 saturated heterocycles. The lowest BCUT2D eigenvalue weighted by molar-refractivity contribution is -0.374. The number of hydrogen-bond donors (Lipinski definition) is 3. The number of carboxylic acids is 1. The molecule has 0 bridgehead atoms. The van der Waals surface area contributed by atoms with E-state index < -0.39 is 5.97 Å². The molecule has 0 aromatic carbocycles. The Morgan fingerprint density at radius 1 is 1.14 bits per heavy atom. The predicted octanol–water partition coefficient (Wildman–Crippen LogP) is 3.30. The number of fused-ring (bicyclic) bond motifs is 1. The van der Waals surface area contributed by atoms with Gasteiger partial charge in [0.2, 0.25) is 5.56 Å². The van der Waals surface area contributed by atoms with E-state index in [1.807, 2.05) is 0 Å². The molecule has 6 nitrogen and oxygen atoms in total. The highest BCUT2D eigenvalue weighted by Gasteiger charge is 2.17. The molecule has 3 heterocycles. The van der Waals surface area contributed by atoms with Gasteiger partial charge in [-0.1, -0.05) is 25.3 Å². The van der Waals surface area contributed by atoms with Crippen molar-refractivity contribution in [1.29, 1.82) is 0 Å². The lowest BCUT2D eigenvalue weighted by atomic mass is 9.91. The van der Waals surface area contributed by atoms with Gasteiger partial charge in [0.05, 0.1) is 13.0 Å². The Morgan fingerprint density at radius 3 is 2.79 bits per heavy atom. The first-order valence-electron chi connectivity index (χ1n) is 10.3. The molecule has 1 aliphatic rings. The Labute approximate surface area is 165 Å². The molecule has 1 aliphatic heterocycles. The first-order chi connectivity index (χ1) is 13.6. The molecule has 0 amide bonds. The minimum atomic E-state index is -0.798. The summed E-state index contributed by atoms with van der Waals surface area (Å²) >= 11 is 0. The average molecular weight is 385 g/mol. The van der Waals surface area contributed by atoms with E-state index in [0.29, 0.717) is 0 Å². The minimum Gasteiger partial charge on any atom is -0.481 e. The normalized spacial score (nSPS) is 14.1. The number of unbranched alkanes of at least 4 members (excludes halogenated alkanes) is 3. The zero-order valence-electron chi connectivity index (χ0n) is 16.3. The minimum absolute atomic E-state index is 0.0468. The van der Waals surface area contributed by atoms with Crippen molar-refractivity contribution in [2.24, 2.45) is 0 Å². The number of anilines is 1. The monoisotopic (exact) mass is 384 g/mol. The highest BCUT2D eigenvalue weighted by atomic mass is 16.4. The summed E-state index contributed by atoms with van der Waals surface area (Å²) in [6.45, 7) is 1.04. The topological polar surface area (TPSA) is 96.3 Å². The van der Waals surface area contributed by atoms with Crippen LogP contribution in [-0.4, -0.2) is 22.6 Å². The van der Waals surface area contributed by atoms with Crippen LogP contribution in [0.15, 0.2) is 35.3 Å². The number of aromatic amines is 2. The fourth-order valence-corrected chi connectivity index (χ4v) is 3.90. The molecular formula is C22H30N3O3+. The molecule has 0 aliphatic carbocycles. The van der Waals surface area contributed by atoms with Gasteiger partial charge < -0.3 is 10.1 Å². The number of carboxylic acid groups (broad SMARTS) is 1. The number of rotatable bonds is 10. The summed E-state index contributed by atoms with van der Waals surface area (Å²) in [7, 11) is 0.